The van der Waals surface area contributed by atoms with Crippen molar-refractivity contribution in [1.82, 2.24) is 0 Å². The van der Waals surface area contributed by atoms with Gasteiger partial charge in [0.25, 0.3) is 0 Å². The Morgan fingerprint density at radius 3 is 1.29 bits per heavy atom. The Bertz CT molecular complexity index is 1160. The first-order valence-corrected chi connectivity index (χ1v) is 11.2. The Morgan fingerprint density at radius 2 is 0.903 bits per heavy atom. The summed E-state index contributed by atoms with van der Waals surface area (Å²) in [6, 6.07) is 13.2. The Kier molecular flexibility index (Phi) is 3.45. The van der Waals surface area contributed by atoms with Gasteiger partial charge in [0.15, 0.2) is 0 Å². The molecule has 0 aromatic heterocycles. The number of allylic oxidation sites excluding steroid dienone is 2. The first-order chi connectivity index (χ1) is 14.4. The number of hydrogen-bond acceptors (Lipinski definition) is 2. The van der Waals surface area contributed by atoms with Gasteiger partial charge in [-0.2, -0.15) is 26.3 Å². The van der Waals surface area contributed by atoms with Crippen LogP contribution in [-0.4, -0.2) is 27.3 Å². The smallest absolute Gasteiger partial charge is 0.194 e. The van der Waals surface area contributed by atoms with E-state index in [0.29, 0.717) is 20.9 Å². The van der Waals surface area contributed by atoms with Crippen molar-refractivity contribution in [2.45, 2.75) is 50.9 Å². The topological polar surface area (TPSA) is 0 Å². The summed E-state index contributed by atoms with van der Waals surface area (Å²) in [6.07, 6.45) is 0. The highest BCUT2D eigenvalue weighted by molar-refractivity contribution is 8.06. The van der Waals surface area contributed by atoms with E-state index in [1.165, 1.54) is 23.5 Å². The number of benzene rings is 2. The molecular weight excluding hydrogens is 454 g/mol. The molecule has 2 atom stereocenters. The zero-order valence-electron chi connectivity index (χ0n) is 16.2. The molecule has 2 aliphatic heterocycles. The molecule has 0 radical (unpaired) electrons. The number of alkyl halides is 6. The van der Waals surface area contributed by atoms with E-state index in [9.17, 15) is 8.78 Å². The molecule has 0 spiro atoms. The first-order valence-electron chi connectivity index (χ1n) is 9.61. The van der Waals surface area contributed by atoms with Crippen molar-refractivity contribution in [3.63, 3.8) is 0 Å². The summed E-state index contributed by atoms with van der Waals surface area (Å²) >= 11 is 2.56. The number of hydrogen-bond donors (Lipinski definition) is 0. The first kappa shape index (κ1) is 19.9. The van der Waals surface area contributed by atoms with Crippen LogP contribution in [0.25, 0.3) is 11.1 Å². The molecule has 2 unspecified atom stereocenters. The van der Waals surface area contributed by atoms with Crippen LogP contribution in [0.5, 0.6) is 0 Å². The van der Waals surface area contributed by atoms with E-state index in [2.05, 4.69) is 0 Å². The number of rotatable bonds is 0. The Balaban J connectivity index is 1.86. The predicted octanol–water partition coefficient (Wildman–Crippen LogP) is 7.56. The average Bonchev–Trinajstić information content (AvgIpc) is 3.21. The van der Waals surface area contributed by atoms with Gasteiger partial charge in [-0.3, -0.25) is 0 Å². The van der Waals surface area contributed by atoms with Crippen molar-refractivity contribution in [3.8, 4) is 0 Å². The Hall–Kier alpha value is -1.80. The van der Waals surface area contributed by atoms with Gasteiger partial charge in [0.05, 0.1) is 9.49 Å². The quantitative estimate of drug-likeness (QED) is 0.366. The van der Waals surface area contributed by atoms with E-state index in [1.807, 2.05) is 0 Å². The molecule has 160 valence electrons. The third-order valence-electron chi connectivity index (χ3n) is 6.97. The van der Waals surface area contributed by atoms with Crippen LogP contribution in [0.3, 0.4) is 0 Å². The third kappa shape index (κ3) is 1.89. The molecule has 0 nitrogen and oxygen atoms in total. The molecule has 8 heteroatoms. The standard InChI is InChI=1S/C23H14F6S2/c1-19-15(11-7-3-5-9-13(11)30-19)17-18(22(26,27)23(28,29)21(17,24)25)16-12-8-4-6-10-14(12)31-20(16,19)2/h3-10H,1-2H3. The van der Waals surface area contributed by atoms with Crippen LogP contribution in [0.4, 0.5) is 26.3 Å². The van der Waals surface area contributed by atoms with Crippen molar-refractivity contribution in [2.24, 2.45) is 0 Å². The predicted molar refractivity (Wildman–Crippen MR) is 110 cm³/mol. The molecule has 0 saturated heterocycles. The zero-order valence-corrected chi connectivity index (χ0v) is 17.8. The molecule has 0 amide bonds. The van der Waals surface area contributed by atoms with Crippen LogP contribution < -0.4 is 0 Å². The van der Waals surface area contributed by atoms with Crippen molar-refractivity contribution in [1.29, 1.82) is 0 Å². The minimum absolute atomic E-state index is 0.100. The highest BCUT2D eigenvalue weighted by Gasteiger charge is 2.84. The largest absolute Gasteiger partial charge is 0.380 e. The molecule has 4 aliphatic rings. The molecule has 2 aliphatic carbocycles. The SMILES string of the molecule is CC12Sc3ccccc3C1=C1C(=C3c4ccccc4SC32C)C(F)(F)C(F)(F)C1(F)F. The van der Waals surface area contributed by atoms with Gasteiger partial charge in [0.2, 0.25) is 0 Å². The van der Waals surface area contributed by atoms with Crippen molar-refractivity contribution >= 4 is 34.7 Å². The van der Waals surface area contributed by atoms with Gasteiger partial charge < -0.3 is 0 Å². The molecule has 2 aromatic rings. The summed E-state index contributed by atoms with van der Waals surface area (Å²) in [5.41, 5.74) is -1.95. The minimum Gasteiger partial charge on any atom is -0.194 e. The van der Waals surface area contributed by atoms with Crippen molar-refractivity contribution in [2.75, 3.05) is 0 Å². The summed E-state index contributed by atoms with van der Waals surface area (Å²) in [6.45, 7) is 3.42. The molecule has 0 bridgehead atoms. The molecule has 31 heavy (non-hydrogen) atoms. The molecule has 1 saturated carbocycles. The van der Waals surface area contributed by atoms with Gasteiger partial charge >= 0.3 is 17.8 Å². The third-order valence-corrected chi connectivity index (χ3v) is 10.3. The maximum atomic E-state index is 15.3. The summed E-state index contributed by atoms with van der Waals surface area (Å²) in [5.74, 6) is -15.5. The monoisotopic (exact) mass is 468 g/mol. The second kappa shape index (κ2) is 5.39. The Morgan fingerprint density at radius 1 is 0.548 bits per heavy atom. The fourth-order valence-corrected chi connectivity index (χ4v) is 8.59. The maximum Gasteiger partial charge on any atom is 0.380 e. The number of halogens is 6. The van der Waals surface area contributed by atoms with E-state index < -0.39 is 38.4 Å². The fraction of sp³-hybridized carbons (Fsp3) is 0.304. The van der Waals surface area contributed by atoms with Crippen LogP contribution in [0, 0.1) is 0 Å². The van der Waals surface area contributed by atoms with Gasteiger partial charge in [-0.15, -0.1) is 23.5 Å². The lowest BCUT2D eigenvalue weighted by Crippen LogP contribution is -2.47. The molecule has 6 rings (SSSR count). The van der Waals surface area contributed by atoms with Gasteiger partial charge in [-0.1, -0.05) is 36.4 Å². The van der Waals surface area contributed by atoms with Crippen LogP contribution in [0.15, 0.2) is 69.5 Å². The van der Waals surface area contributed by atoms with Crippen LogP contribution in [0.2, 0.25) is 0 Å². The maximum absolute atomic E-state index is 15.3. The van der Waals surface area contributed by atoms with Gasteiger partial charge in [0.1, 0.15) is 0 Å². The summed E-state index contributed by atoms with van der Waals surface area (Å²) in [7, 11) is 0. The number of thioether (sulfide) groups is 2. The van der Waals surface area contributed by atoms with Crippen molar-refractivity contribution < 1.29 is 26.3 Å². The molecule has 1 fully saturated rings. The minimum atomic E-state index is -5.53. The van der Waals surface area contributed by atoms with Crippen LogP contribution in [0.1, 0.15) is 25.0 Å². The van der Waals surface area contributed by atoms with Gasteiger partial charge in [0, 0.05) is 20.9 Å². The number of fused-ring (bicyclic) bond motifs is 8. The Labute approximate surface area is 182 Å². The lowest BCUT2D eigenvalue weighted by molar-refractivity contribution is -0.257. The fourth-order valence-electron chi connectivity index (χ4n) is 5.39. The van der Waals surface area contributed by atoms with Crippen LogP contribution in [-0.2, 0) is 0 Å². The van der Waals surface area contributed by atoms with E-state index in [0.717, 1.165) is 0 Å². The lowest BCUT2D eigenvalue weighted by Gasteiger charge is -2.47. The normalized spacial score (nSPS) is 33.0. The van der Waals surface area contributed by atoms with E-state index in [-0.39, 0.29) is 11.1 Å². The van der Waals surface area contributed by atoms with Gasteiger partial charge in [-0.25, -0.2) is 0 Å². The molecule has 2 aromatic carbocycles. The van der Waals surface area contributed by atoms with E-state index in [4.69, 9.17) is 0 Å². The van der Waals surface area contributed by atoms with Crippen molar-refractivity contribution in [3.05, 3.63) is 70.8 Å². The van der Waals surface area contributed by atoms with Gasteiger partial charge in [-0.05, 0) is 48.3 Å². The molecular formula is C23H14F6S2. The lowest BCUT2D eigenvalue weighted by atomic mass is 9.68. The summed E-state index contributed by atoms with van der Waals surface area (Å²) < 4.78 is 88.3. The second-order valence-corrected chi connectivity index (χ2v) is 11.4. The highest BCUT2D eigenvalue weighted by atomic mass is 32.2. The molecule has 0 N–H and O–H groups in total. The zero-order chi connectivity index (χ0) is 22.2. The van der Waals surface area contributed by atoms with E-state index in [1.54, 1.807) is 62.4 Å². The van der Waals surface area contributed by atoms with E-state index >= 15 is 17.6 Å². The second-order valence-electron chi connectivity index (χ2n) is 8.49. The summed E-state index contributed by atoms with van der Waals surface area (Å²) in [4.78, 5) is 1.25. The summed E-state index contributed by atoms with van der Waals surface area (Å²) in [5, 5.41) is 0. The highest BCUT2D eigenvalue weighted by Crippen LogP contribution is 2.77. The average molecular weight is 468 g/mol. The van der Waals surface area contributed by atoms with Crippen LogP contribution >= 0.6 is 23.5 Å². The molecule has 2 heterocycles.